The van der Waals surface area contributed by atoms with Crippen molar-refractivity contribution in [3.63, 3.8) is 0 Å². The maximum absolute atomic E-state index is 12.1. The van der Waals surface area contributed by atoms with Crippen molar-refractivity contribution in [1.29, 1.82) is 5.26 Å². The summed E-state index contributed by atoms with van der Waals surface area (Å²) in [7, 11) is 0. The molecule has 1 heterocycles. The summed E-state index contributed by atoms with van der Waals surface area (Å²) in [6, 6.07) is 4.24. The highest BCUT2D eigenvalue weighted by molar-refractivity contribution is 7.11. The van der Waals surface area contributed by atoms with E-state index >= 15 is 0 Å². The summed E-state index contributed by atoms with van der Waals surface area (Å²) in [5.74, 6) is -0.234. The molecule has 1 aliphatic rings. The van der Waals surface area contributed by atoms with Gasteiger partial charge in [-0.2, -0.15) is 5.26 Å². The lowest BCUT2D eigenvalue weighted by molar-refractivity contribution is -0.117. The quantitative estimate of drug-likeness (QED) is 0.678. The average Bonchev–Trinajstić information content (AvgIpc) is 2.82. The van der Waals surface area contributed by atoms with Gasteiger partial charge in [0, 0.05) is 10.9 Å². The number of rotatable bonds is 3. The Morgan fingerprint density at radius 2 is 2.21 bits per heavy atom. The van der Waals surface area contributed by atoms with E-state index in [4.69, 9.17) is 5.26 Å². The number of nitrogens with one attached hydrogen (secondary N) is 1. The normalized spacial score (nSPS) is 16.9. The molecule has 0 aromatic carbocycles. The van der Waals surface area contributed by atoms with Crippen molar-refractivity contribution in [2.24, 2.45) is 0 Å². The highest BCUT2D eigenvalue weighted by Gasteiger charge is 2.18. The fourth-order valence-electron chi connectivity index (χ4n) is 2.32. The molecule has 3 nitrogen and oxygen atoms in total. The Bertz CT molecular complexity index is 518. The van der Waals surface area contributed by atoms with Crippen molar-refractivity contribution >= 4 is 23.3 Å². The molecule has 0 bridgehead atoms. The third-order valence-corrected chi connectivity index (χ3v) is 4.45. The van der Waals surface area contributed by atoms with E-state index in [0.29, 0.717) is 0 Å². The molecule has 1 N–H and O–H groups in total. The van der Waals surface area contributed by atoms with E-state index in [1.165, 1.54) is 19.3 Å². The number of thiophene rings is 1. The zero-order valence-corrected chi connectivity index (χ0v) is 11.9. The molecule has 19 heavy (non-hydrogen) atoms. The molecule has 0 spiro atoms. The number of hydrogen-bond acceptors (Lipinski definition) is 3. The molecule has 1 aromatic heterocycles. The fraction of sp³-hybridized carbons (Fsp3) is 0.467. The van der Waals surface area contributed by atoms with Gasteiger partial charge < -0.3 is 5.32 Å². The summed E-state index contributed by atoms with van der Waals surface area (Å²) in [6.07, 6.45) is 7.34. The molecule has 4 heteroatoms. The predicted molar refractivity (Wildman–Crippen MR) is 77.7 cm³/mol. The van der Waals surface area contributed by atoms with Crippen LogP contribution in [-0.2, 0) is 4.79 Å². The number of carbonyl (C=O) groups excluding carboxylic acids is 1. The molecule has 100 valence electrons. The van der Waals surface area contributed by atoms with Crippen LogP contribution in [0.5, 0.6) is 0 Å². The third-order valence-electron chi connectivity index (χ3n) is 3.48. The molecule has 1 fully saturated rings. The number of hydrogen-bond donors (Lipinski definition) is 1. The van der Waals surface area contributed by atoms with Gasteiger partial charge in [-0.15, -0.1) is 11.3 Å². The van der Waals surface area contributed by atoms with Crippen LogP contribution in [0.15, 0.2) is 17.0 Å². The first-order valence-electron chi connectivity index (χ1n) is 6.67. The lowest BCUT2D eigenvalue weighted by Gasteiger charge is -2.22. The number of amides is 1. The predicted octanol–water partition coefficient (Wildman–Crippen LogP) is 3.41. The summed E-state index contributed by atoms with van der Waals surface area (Å²) in [5.41, 5.74) is 1.30. The summed E-state index contributed by atoms with van der Waals surface area (Å²) in [6.45, 7) is 1.98. The lowest BCUT2D eigenvalue weighted by atomic mass is 9.95. The van der Waals surface area contributed by atoms with Crippen molar-refractivity contribution in [3.05, 3.63) is 27.5 Å². The fourth-order valence-corrected chi connectivity index (χ4v) is 3.18. The average molecular weight is 274 g/mol. The minimum atomic E-state index is -0.234. The van der Waals surface area contributed by atoms with Gasteiger partial charge in [-0.25, -0.2) is 0 Å². The van der Waals surface area contributed by atoms with Crippen LogP contribution in [0.3, 0.4) is 0 Å². The van der Waals surface area contributed by atoms with E-state index in [0.717, 1.165) is 23.3 Å². The van der Waals surface area contributed by atoms with E-state index in [9.17, 15) is 4.79 Å². The molecule has 0 atom stereocenters. The number of nitriles is 1. The molecule has 1 aliphatic carbocycles. The van der Waals surface area contributed by atoms with E-state index < -0.39 is 0 Å². The second kappa shape index (κ2) is 6.53. The van der Waals surface area contributed by atoms with Gasteiger partial charge >= 0.3 is 0 Å². The number of aryl methyl sites for hydroxylation is 1. The van der Waals surface area contributed by atoms with Gasteiger partial charge in [-0.1, -0.05) is 19.3 Å². The molecule has 1 aromatic rings. The molecule has 0 unspecified atom stereocenters. The van der Waals surface area contributed by atoms with Crippen molar-refractivity contribution in [2.75, 3.05) is 0 Å². The second-order valence-corrected chi connectivity index (χ2v) is 5.89. The minimum Gasteiger partial charge on any atom is -0.349 e. The van der Waals surface area contributed by atoms with Gasteiger partial charge in [0.15, 0.2) is 0 Å². The van der Waals surface area contributed by atoms with Crippen LogP contribution in [0.2, 0.25) is 0 Å². The van der Waals surface area contributed by atoms with Crippen molar-refractivity contribution in [3.8, 4) is 6.07 Å². The number of carbonyl (C=O) groups is 1. The van der Waals surface area contributed by atoms with E-state index in [1.807, 2.05) is 24.4 Å². The zero-order chi connectivity index (χ0) is 13.7. The Kier molecular flexibility index (Phi) is 4.75. The van der Waals surface area contributed by atoms with Gasteiger partial charge in [0.05, 0.1) is 0 Å². The first kappa shape index (κ1) is 13.8. The topological polar surface area (TPSA) is 52.9 Å². The standard InChI is InChI=1S/C15H18N2OS/c1-11-7-8-19-14(11)9-12(10-16)15(18)17-13-5-3-2-4-6-13/h7-9,13H,2-6H2,1H3,(H,17,18)/b12-9-. The van der Waals surface area contributed by atoms with E-state index in [-0.39, 0.29) is 17.5 Å². The van der Waals surface area contributed by atoms with Crippen LogP contribution in [0.25, 0.3) is 6.08 Å². The van der Waals surface area contributed by atoms with Crippen LogP contribution < -0.4 is 5.32 Å². The largest absolute Gasteiger partial charge is 0.349 e. The Balaban J connectivity index is 2.05. The van der Waals surface area contributed by atoms with E-state index in [2.05, 4.69) is 5.32 Å². The Morgan fingerprint density at radius 3 is 2.79 bits per heavy atom. The van der Waals surface area contributed by atoms with E-state index in [1.54, 1.807) is 17.4 Å². The van der Waals surface area contributed by atoms with Gasteiger partial charge in [-0.05, 0) is 42.9 Å². The monoisotopic (exact) mass is 274 g/mol. The Morgan fingerprint density at radius 1 is 1.47 bits per heavy atom. The van der Waals surface area contributed by atoms with Gasteiger partial charge in [0.2, 0.25) is 0 Å². The van der Waals surface area contributed by atoms with Crippen molar-refractivity contribution in [2.45, 2.75) is 45.1 Å². The molecular formula is C15H18N2OS. The maximum Gasteiger partial charge on any atom is 0.262 e. The molecule has 1 saturated carbocycles. The van der Waals surface area contributed by atoms with Crippen molar-refractivity contribution < 1.29 is 4.79 Å². The second-order valence-electron chi connectivity index (χ2n) is 4.95. The first-order valence-corrected chi connectivity index (χ1v) is 7.55. The van der Waals surface area contributed by atoms with Crippen LogP contribution in [0, 0.1) is 18.3 Å². The molecular weight excluding hydrogens is 256 g/mol. The highest BCUT2D eigenvalue weighted by Crippen LogP contribution is 2.20. The van der Waals surface area contributed by atoms with Crippen LogP contribution >= 0.6 is 11.3 Å². The van der Waals surface area contributed by atoms with Crippen LogP contribution in [0.1, 0.15) is 42.5 Å². The number of nitrogens with zero attached hydrogens (tertiary/aromatic N) is 1. The Hall–Kier alpha value is -1.60. The van der Waals surface area contributed by atoms with Gasteiger partial charge in [-0.3, -0.25) is 4.79 Å². The summed E-state index contributed by atoms with van der Waals surface area (Å²) in [5, 5.41) is 14.1. The summed E-state index contributed by atoms with van der Waals surface area (Å²) in [4.78, 5) is 13.1. The summed E-state index contributed by atoms with van der Waals surface area (Å²) < 4.78 is 0. The molecule has 0 radical (unpaired) electrons. The molecule has 0 aliphatic heterocycles. The van der Waals surface area contributed by atoms with Gasteiger partial charge in [0.1, 0.15) is 11.6 Å². The maximum atomic E-state index is 12.1. The van der Waals surface area contributed by atoms with Crippen molar-refractivity contribution in [1.82, 2.24) is 5.32 Å². The lowest BCUT2D eigenvalue weighted by Crippen LogP contribution is -2.36. The molecule has 0 saturated heterocycles. The SMILES string of the molecule is Cc1ccsc1/C=C(/C#N)C(=O)NC1CCCCC1. The summed E-state index contributed by atoms with van der Waals surface area (Å²) >= 11 is 1.55. The zero-order valence-electron chi connectivity index (χ0n) is 11.1. The first-order chi connectivity index (χ1) is 9.20. The van der Waals surface area contributed by atoms with Crippen LogP contribution in [0.4, 0.5) is 0 Å². The molecule has 2 rings (SSSR count). The van der Waals surface area contributed by atoms with Crippen LogP contribution in [-0.4, -0.2) is 11.9 Å². The molecule has 1 amide bonds. The Labute approximate surface area is 117 Å². The highest BCUT2D eigenvalue weighted by atomic mass is 32.1. The smallest absolute Gasteiger partial charge is 0.262 e. The van der Waals surface area contributed by atoms with Gasteiger partial charge in [0.25, 0.3) is 5.91 Å². The minimum absolute atomic E-state index is 0.205. The third kappa shape index (κ3) is 3.68.